The zero-order chi connectivity index (χ0) is 27.9. The number of benzene rings is 2. The van der Waals surface area contributed by atoms with Crippen molar-refractivity contribution in [3.8, 4) is 0 Å². The Morgan fingerprint density at radius 2 is 1.49 bits per heavy atom. The summed E-state index contributed by atoms with van der Waals surface area (Å²) in [7, 11) is 0. The molecule has 1 aliphatic heterocycles. The van der Waals surface area contributed by atoms with Crippen LogP contribution in [0.5, 0.6) is 0 Å². The van der Waals surface area contributed by atoms with Crippen molar-refractivity contribution in [2.75, 3.05) is 11.5 Å². The van der Waals surface area contributed by atoms with Gasteiger partial charge in [0.25, 0.3) is 0 Å². The maximum atomic E-state index is 13.5. The van der Waals surface area contributed by atoms with Crippen LogP contribution in [0.1, 0.15) is 66.5 Å². The molecule has 2 N–H and O–H groups in total. The second-order valence-electron chi connectivity index (χ2n) is 8.81. The van der Waals surface area contributed by atoms with Gasteiger partial charge in [0.1, 0.15) is 0 Å². The molecule has 1 amide bonds. The van der Waals surface area contributed by atoms with E-state index >= 15 is 0 Å². The van der Waals surface area contributed by atoms with Gasteiger partial charge in [-0.1, -0.05) is 6.92 Å². The number of hydrogen-bond acceptors (Lipinski definition) is 3. The zero-order valence-electron chi connectivity index (χ0n) is 19.6. The Labute approximate surface area is 206 Å². The van der Waals surface area contributed by atoms with Crippen molar-refractivity contribution in [2.45, 2.75) is 63.2 Å². The number of rotatable bonds is 4. The summed E-state index contributed by atoms with van der Waals surface area (Å²) in [6.45, 7) is 3.29. The summed E-state index contributed by atoms with van der Waals surface area (Å²) in [6.07, 6.45) is -15.6. The van der Waals surface area contributed by atoms with Crippen LogP contribution in [0.4, 0.5) is 50.0 Å². The molecule has 0 saturated heterocycles. The van der Waals surface area contributed by atoms with E-state index in [0.717, 1.165) is 17.0 Å². The van der Waals surface area contributed by atoms with E-state index in [0.29, 0.717) is 24.6 Å². The van der Waals surface area contributed by atoms with Crippen LogP contribution in [0, 0.1) is 0 Å². The number of carbonyl (C=O) groups excluding carboxylic acids is 1. The van der Waals surface area contributed by atoms with E-state index in [-0.39, 0.29) is 30.3 Å². The Balaban J connectivity index is 2.17. The lowest BCUT2D eigenvalue weighted by atomic mass is 9.78. The summed E-state index contributed by atoms with van der Waals surface area (Å²) in [5.41, 5.74) is 1.18. The van der Waals surface area contributed by atoms with Crippen LogP contribution in [-0.4, -0.2) is 18.7 Å². The Hall–Kier alpha value is -2.96. The Morgan fingerprint density at radius 3 is 1.97 bits per heavy atom. The largest absolute Gasteiger partial charge is 0.449 e. The van der Waals surface area contributed by atoms with Crippen LogP contribution in [-0.2, 0) is 23.3 Å². The molecule has 1 aliphatic rings. The molecule has 0 aliphatic carbocycles. The molecule has 0 fully saturated rings. The third-order valence-corrected chi connectivity index (χ3v) is 6.10. The van der Waals surface area contributed by atoms with Gasteiger partial charge in [-0.3, -0.25) is 4.90 Å². The molecule has 0 saturated carbocycles. The highest BCUT2D eigenvalue weighted by Gasteiger charge is 2.42. The van der Waals surface area contributed by atoms with Crippen molar-refractivity contribution in [3.63, 3.8) is 0 Å². The van der Waals surface area contributed by atoms with Crippen molar-refractivity contribution in [1.29, 1.82) is 0 Å². The number of nitrogens with two attached hydrogens (primary N) is 1. The molecule has 2 aromatic carbocycles. The van der Waals surface area contributed by atoms with Crippen LogP contribution in [0.25, 0.3) is 0 Å². The molecule has 0 bridgehead atoms. The van der Waals surface area contributed by atoms with Crippen LogP contribution in [0.2, 0.25) is 0 Å². The van der Waals surface area contributed by atoms with Gasteiger partial charge in [0.2, 0.25) is 0 Å². The third-order valence-electron chi connectivity index (χ3n) is 6.10. The average Bonchev–Trinajstić information content (AvgIpc) is 2.79. The number of carbonyl (C=O) groups is 1. The highest BCUT2D eigenvalue weighted by atomic mass is 19.4. The van der Waals surface area contributed by atoms with E-state index in [1.54, 1.807) is 6.92 Å². The highest BCUT2D eigenvalue weighted by molar-refractivity contribution is 5.90. The van der Waals surface area contributed by atoms with Gasteiger partial charge in [-0.05, 0) is 67.3 Å². The summed E-state index contributed by atoms with van der Waals surface area (Å²) >= 11 is 0. The van der Waals surface area contributed by atoms with Gasteiger partial charge in [-0.25, -0.2) is 4.79 Å². The summed E-state index contributed by atoms with van der Waals surface area (Å²) in [5, 5.41) is 0. The molecule has 1 heterocycles. The maximum absolute atomic E-state index is 13.5. The third kappa shape index (κ3) is 6.13. The van der Waals surface area contributed by atoms with Crippen molar-refractivity contribution in [1.82, 2.24) is 0 Å². The zero-order valence-corrected chi connectivity index (χ0v) is 19.6. The number of amides is 1. The highest BCUT2D eigenvalue weighted by Crippen LogP contribution is 2.47. The first-order chi connectivity index (χ1) is 16.9. The van der Waals surface area contributed by atoms with E-state index in [1.165, 1.54) is 6.92 Å². The molecule has 0 radical (unpaired) electrons. The topological polar surface area (TPSA) is 55.6 Å². The van der Waals surface area contributed by atoms with Crippen molar-refractivity contribution in [2.24, 2.45) is 5.73 Å². The fraction of sp³-hybridized carbons (Fsp3) is 0.458. The predicted molar refractivity (Wildman–Crippen MR) is 116 cm³/mol. The summed E-state index contributed by atoms with van der Waals surface area (Å²) in [4.78, 5) is 13.8. The van der Waals surface area contributed by atoms with Gasteiger partial charge < -0.3 is 10.5 Å². The van der Waals surface area contributed by atoms with E-state index in [2.05, 4.69) is 0 Å². The molecule has 0 spiro atoms. The van der Waals surface area contributed by atoms with Gasteiger partial charge in [0, 0.05) is 18.0 Å². The van der Waals surface area contributed by atoms with Crippen molar-refractivity contribution < 1.29 is 49.0 Å². The van der Waals surface area contributed by atoms with Gasteiger partial charge in [-0.2, -0.15) is 39.5 Å². The Kier molecular flexibility index (Phi) is 7.79. The van der Waals surface area contributed by atoms with Gasteiger partial charge in [0.05, 0.1) is 29.0 Å². The molecule has 3 rings (SSSR count). The Bertz CT molecular complexity index is 1110. The number of ether oxygens (including phenoxy) is 1. The SMILES string of the molecule is CCCOC(=O)N1c2ccc(C(F)(F)F)cc2[C@H]([C@@H](N)c2cc(C(F)(F)F)cc(C(F)(F)F)c2)C[C@H]1C. The minimum Gasteiger partial charge on any atom is -0.449 e. The lowest BCUT2D eigenvalue weighted by Gasteiger charge is -2.41. The van der Waals surface area contributed by atoms with E-state index in [4.69, 9.17) is 10.5 Å². The second-order valence-corrected chi connectivity index (χ2v) is 8.81. The first kappa shape index (κ1) is 28.6. The molecule has 3 atom stereocenters. The lowest BCUT2D eigenvalue weighted by Crippen LogP contribution is -2.45. The molecule has 4 nitrogen and oxygen atoms in total. The van der Waals surface area contributed by atoms with Crippen LogP contribution in [0.15, 0.2) is 36.4 Å². The van der Waals surface area contributed by atoms with E-state index < -0.39 is 64.9 Å². The fourth-order valence-corrected chi connectivity index (χ4v) is 4.37. The fourth-order valence-electron chi connectivity index (χ4n) is 4.37. The second kappa shape index (κ2) is 10.1. The number of fused-ring (bicyclic) bond motifs is 1. The number of nitrogens with zero attached hydrogens (tertiary/aromatic N) is 1. The predicted octanol–water partition coefficient (Wildman–Crippen LogP) is 7.67. The molecule has 0 unspecified atom stereocenters. The number of hydrogen-bond donors (Lipinski definition) is 1. The quantitative estimate of drug-likeness (QED) is 0.404. The van der Waals surface area contributed by atoms with Crippen LogP contribution >= 0.6 is 0 Å². The average molecular weight is 542 g/mol. The van der Waals surface area contributed by atoms with E-state index in [1.807, 2.05) is 0 Å². The number of alkyl halides is 9. The summed E-state index contributed by atoms with van der Waals surface area (Å²) in [5.74, 6) is -1.15. The van der Waals surface area contributed by atoms with Gasteiger partial charge in [0.15, 0.2) is 0 Å². The number of halogens is 9. The molecule has 2 aromatic rings. The van der Waals surface area contributed by atoms with Crippen molar-refractivity contribution >= 4 is 11.8 Å². The van der Waals surface area contributed by atoms with Crippen LogP contribution in [0.3, 0.4) is 0 Å². The van der Waals surface area contributed by atoms with E-state index in [9.17, 15) is 44.3 Å². The number of anilines is 1. The molecule has 13 heteroatoms. The smallest absolute Gasteiger partial charge is 0.416 e. The van der Waals surface area contributed by atoms with Crippen LogP contribution < -0.4 is 10.6 Å². The summed E-state index contributed by atoms with van der Waals surface area (Å²) < 4.78 is 126. The summed E-state index contributed by atoms with van der Waals surface area (Å²) in [6, 6.07) is 1.03. The molecule has 0 aromatic heterocycles. The molecular weight excluding hydrogens is 519 g/mol. The lowest BCUT2D eigenvalue weighted by molar-refractivity contribution is -0.143. The minimum atomic E-state index is -5.13. The molecular formula is C24H23F9N2O2. The molecule has 37 heavy (non-hydrogen) atoms. The normalized spacial score (nSPS) is 19.4. The first-order valence-electron chi connectivity index (χ1n) is 11.2. The molecule has 204 valence electrons. The minimum absolute atomic E-state index is 0.0173. The monoisotopic (exact) mass is 542 g/mol. The maximum Gasteiger partial charge on any atom is 0.416 e. The van der Waals surface area contributed by atoms with Gasteiger partial charge >= 0.3 is 24.6 Å². The van der Waals surface area contributed by atoms with Gasteiger partial charge in [-0.15, -0.1) is 0 Å². The Morgan fingerprint density at radius 1 is 0.946 bits per heavy atom. The van der Waals surface area contributed by atoms with Crippen molar-refractivity contribution in [3.05, 3.63) is 64.2 Å². The standard InChI is InChI=1S/C24H23F9N2O2/c1-3-6-37-21(36)35-12(2)7-18(17-11-14(22(25,26)27)4-5-19(17)35)20(34)13-8-15(23(28,29)30)10-16(9-13)24(31,32)33/h4-5,8-12,18,20H,3,6-7,34H2,1-2H3/t12-,18-,20+/m1/s1. The first-order valence-corrected chi connectivity index (χ1v) is 11.2.